The van der Waals surface area contributed by atoms with Gasteiger partial charge in [0.15, 0.2) is 0 Å². The molecule has 27 heavy (non-hydrogen) atoms. The molecule has 0 aromatic heterocycles. The minimum atomic E-state index is -3.74. The first kappa shape index (κ1) is 26.5. The first-order valence-electron chi connectivity index (χ1n) is 8.19. The van der Waals surface area contributed by atoms with Crippen LogP contribution in [0, 0.1) is 0 Å². The number of hydrogen-bond donors (Lipinski definition) is 2. The van der Waals surface area contributed by atoms with Crippen molar-refractivity contribution >= 4 is 44.9 Å². The Morgan fingerprint density at radius 3 is 2.26 bits per heavy atom. The Balaban J connectivity index is 0.00000338. The molecule has 1 aliphatic heterocycles. The van der Waals surface area contributed by atoms with Gasteiger partial charge in [0.05, 0.1) is 9.79 Å². The summed E-state index contributed by atoms with van der Waals surface area (Å²) < 4.78 is 52.7. The second-order valence-corrected chi connectivity index (χ2v) is 10.0. The summed E-state index contributed by atoms with van der Waals surface area (Å²) in [5.41, 5.74) is 0. The zero-order valence-electron chi connectivity index (χ0n) is 15.4. The van der Waals surface area contributed by atoms with Crippen LogP contribution in [0.5, 0.6) is 0 Å². The normalized spacial score (nSPS) is 15.8. The van der Waals surface area contributed by atoms with Crippen LogP contribution in [0.1, 0.15) is 6.42 Å². The average molecular weight is 463 g/mol. The quantitative estimate of drug-likeness (QED) is 0.540. The summed E-state index contributed by atoms with van der Waals surface area (Å²) in [5.74, 6) is 0. The number of sulfonamides is 2. The van der Waals surface area contributed by atoms with Gasteiger partial charge in [-0.2, -0.15) is 0 Å². The minimum absolute atomic E-state index is 0. The highest BCUT2D eigenvalue weighted by Crippen LogP contribution is 2.18. The van der Waals surface area contributed by atoms with Gasteiger partial charge in [-0.3, -0.25) is 0 Å². The summed E-state index contributed by atoms with van der Waals surface area (Å²) in [5, 5.41) is 3.27. The van der Waals surface area contributed by atoms with Crippen molar-refractivity contribution in [2.45, 2.75) is 16.2 Å². The molecule has 0 bridgehead atoms. The van der Waals surface area contributed by atoms with Crippen LogP contribution >= 0.6 is 24.8 Å². The fourth-order valence-electron chi connectivity index (χ4n) is 2.54. The maximum Gasteiger partial charge on any atom is 0.242 e. The zero-order chi connectivity index (χ0) is 18.5. The van der Waals surface area contributed by atoms with Crippen LogP contribution in [-0.4, -0.2) is 79.4 Å². The molecule has 1 saturated heterocycles. The highest BCUT2D eigenvalue weighted by Gasteiger charge is 2.21. The predicted octanol–water partition coefficient (Wildman–Crippen LogP) is 0.354. The number of piperazine rings is 1. The Bertz CT molecular complexity index is 783. The fraction of sp³-hybridized carbons (Fsp3) is 0.600. The van der Waals surface area contributed by atoms with Gasteiger partial charge in [0.1, 0.15) is 0 Å². The van der Waals surface area contributed by atoms with Gasteiger partial charge in [-0.25, -0.2) is 25.9 Å². The summed E-state index contributed by atoms with van der Waals surface area (Å²) in [7, 11) is -4.59. The highest BCUT2D eigenvalue weighted by molar-refractivity contribution is 7.90. The molecule has 158 valence electrons. The van der Waals surface area contributed by atoms with Gasteiger partial charge in [0, 0.05) is 46.8 Å². The summed E-state index contributed by atoms with van der Waals surface area (Å²) in [6.45, 7) is 5.00. The maximum atomic E-state index is 12.4. The third kappa shape index (κ3) is 7.47. The Kier molecular flexibility index (Phi) is 11.3. The van der Waals surface area contributed by atoms with E-state index in [0.29, 0.717) is 13.0 Å². The van der Waals surface area contributed by atoms with Crippen LogP contribution < -0.4 is 10.0 Å². The summed E-state index contributed by atoms with van der Waals surface area (Å²) in [4.78, 5) is 2.20. The number of rotatable bonds is 8. The first-order valence-corrected chi connectivity index (χ1v) is 11.1. The number of nitrogens with one attached hydrogen (secondary N) is 2. The molecule has 12 heteroatoms. The van der Waals surface area contributed by atoms with Crippen molar-refractivity contribution < 1.29 is 16.8 Å². The first-order chi connectivity index (χ1) is 11.7. The lowest BCUT2D eigenvalue weighted by atomic mass is 10.3. The Labute approximate surface area is 174 Å². The Hall–Kier alpha value is -0.460. The van der Waals surface area contributed by atoms with Crippen molar-refractivity contribution in [3.63, 3.8) is 0 Å². The van der Waals surface area contributed by atoms with E-state index < -0.39 is 20.0 Å². The molecular formula is C15H28Cl2N4O4S2. The molecule has 0 atom stereocenters. The molecule has 0 saturated carbocycles. The van der Waals surface area contributed by atoms with Gasteiger partial charge >= 0.3 is 0 Å². The molecule has 1 aromatic rings. The molecule has 0 unspecified atom stereocenters. The number of benzene rings is 1. The van der Waals surface area contributed by atoms with E-state index in [9.17, 15) is 16.8 Å². The SMILES string of the molecule is CN(C)S(=O)(=O)c1cccc(S(=O)(=O)NCCCN2CCNCC2)c1.Cl.Cl. The van der Waals surface area contributed by atoms with E-state index in [1.165, 1.54) is 38.4 Å². The number of hydrogen-bond acceptors (Lipinski definition) is 6. The third-order valence-electron chi connectivity index (χ3n) is 4.05. The third-order valence-corrected chi connectivity index (χ3v) is 7.32. The van der Waals surface area contributed by atoms with E-state index in [2.05, 4.69) is 14.9 Å². The second-order valence-electron chi connectivity index (χ2n) is 6.11. The second kappa shape index (κ2) is 11.5. The standard InChI is InChI=1S/C15H26N4O4S2.2ClH/c1-18(2)25(22,23)15-6-3-5-14(13-15)24(20,21)17-7-4-10-19-11-8-16-9-12-19;;/h3,5-6,13,16-17H,4,7-12H2,1-2H3;2*1H. The molecular weight excluding hydrogens is 435 g/mol. The molecule has 1 aliphatic rings. The van der Waals surface area contributed by atoms with Gasteiger partial charge in [-0.15, -0.1) is 24.8 Å². The molecule has 2 rings (SSSR count). The molecule has 0 aliphatic carbocycles. The van der Waals surface area contributed by atoms with E-state index in [4.69, 9.17) is 0 Å². The van der Waals surface area contributed by atoms with Crippen LogP contribution in [-0.2, 0) is 20.0 Å². The van der Waals surface area contributed by atoms with Crippen molar-refractivity contribution in [3.05, 3.63) is 24.3 Å². The van der Waals surface area contributed by atoms with Crippen LogP contribution in [0.2, 0.25) is 0 Å². The summed E-state index contributed by atoms with van der Waals surface area (Å²) in [6.07, 6.45) is 0.703. The number of nitrogens with zero attached hydrogens (tertiary/aromatic N) is 2. The zero-order valence-corrected chi connectivity index (χ0v) is 18.7. The summed E-state index contributed by atoms with van der Waals surface area (Å²) >= 11 is 0. The van der Waals surface area contributed by atoms with Gasteiger partial charge in [0.25, 0.3) is 0 Å². The van der Waals surface area contributed by atoms with Crippen molar-refractivity contribution in [3.8, 4) is 0 Å². The van der Waals surface area contributed by atoms with Crippen molar-refractivity contribution in [1.82, 2.24) is 19.2 Å². The molecule has 1 heterocycles. The topological polar surface area (TPSA) is 98.8 Å². The Morgan fingerprint density at radius 1 is 1.07 bits per heavy atom. The predicted molar refractivity (Wildman–Crippen MR) is 111 cm³/mol. The van der Waals surface area contributed by atoms with E-state index in [0.717, 1.165) is 37.0 Å². The van der Waals surface area contributed by atoms with E-state index in [-0.39, 0.29) is 34.6 Å². The smallest absolute Gasteiger partial charge is 0.242 e. The lowest BCUT2D eigenvalue weighted by Crippen LogP contribution is -2.44. The Morgan fingerprint density at radius 2 is 1.67 bits per heavy atom. The van der Waals surface area contributed by atoms with Gasteiger partial charge in [-0.05, 0) is 31.2 Å². The lowest BCUT2D eigenvalue weighted by molar-refractivity contribution is 0.239. The molecule has 0 spiro atoms. The van der Waals surface area contributed by atoms with E-state index in [1.54, 1.807) is 0 Å². The monoisotopic (exact) mass is 462 g/mol. The van der Waals surface area contributed by atoms with Crippen molar-refractivity contribution in [2.75, 3.05) is 53.4 Å². The molecule has 8 nitrogen and oxygen atoms in total. The van der Waals surface area contributed by atoms with Crippen molar-refractivity contribution in [1.29, 1.82) is 0 Å². The lowest BCUT2D eigenvalue weighted by Gasteiger charge is -2.27. The highest BCUT2D eigenvalue weighted by atomic mass is 35.5. The van der Waals surface area contributed by atoms with E-state index in [1.807, 2.05) is 0 Å². The largest absolute Gasteiger partial charge is 0.314 e. The maximum absolute atomic E-state index is 12.4. The van der Waals surface area contributed by atoms with Crippen LogP contribution in [0.3, 0.4) is 0 Å². The minimum Gasteiger partial charge on any atom is -0.314 e. The molecule has 1 fully saturated rings. The molecule has 1 aromatic carbocycles. The fourth-order valence-corrected chi connectivity index (χ4v) is 4.68. The van der Waals surface area contributed by atoms with Gasteiger partial charge < -0.3 is 10.2 Å². The van der Waals surface area contributed by atoms with Gasteiger partial charge in [-0.1, -0.05) is 6.07 Å². The molecule has 0 radical (unpaired) electrons. The number of halogens is 2. The van der Waals surface area contributed by atoms with Crippen LogP contribution in [0.15, 0.2) is 34.1 Å². The van der Waals surface area contributed by atoms with Gasteiger partial charge in [0.2, 0.25) is 20.0 Å². The summed E-state index contributed by atoms with van der Waals surface area (Å²) in [6, 6.07) is 5.41. The molecule has 0 amide bonds. The van der Waals surface area contributed by atoms with Crippen molar-refractivity contribution in [2.24, 2.45) is 0 Å². The van der Waals surface area contributed by atoms with Crippen LogP contribution in [0.4, 0.5) is 0 Å². The van der Waals surface area contributed by atoms with E-state index >= 15 is 0 Å². The van der Waals surface area contributed by atoms with Crippen LogP contribution in [0.25, 0.3) is 0 Å². The average Bonchev–Trinajstić information content (AvgIpc) is 2.59. The molecule has 2 N–H and O–H groups in total.